The highest BCUT2D eigenvalue weighted by Crippen LogP contribution is 2.25. The van der Waals surface area contributed by atoms with E-state index in [1.54, 1.807) is 30.3 Å². The molecular formula is C16H19NO3S. The van der Waals surface area contributed by atoms with Gasteiger partial charge in [-0.05, 0) is 42.3 Å². The van der Waals surface area contributed by atoms with E-state index in [0.29, 0.717) is 4.90 Å². The molecule has 0 bridgehead atoms. The Morgan fingerprint density at radius 3 is 2.38 bits per heavy atom. The molecule has 112 valence electrons. The van der Waals surface area contributed by atoms with Gasteiger partial charge in [-0.15, -0.1) is 0 Å². The number of aromatic hydroxyl groups is 1. The van der Waals surface area contributed by atoms with Gasteiger partial charge < -0.3 is 10.4 Å². The average molecular weight is 305 g/mol. The van der Waals surface area contributed by atoms with E-state index in [0.717, 1.165) is 17.7 Å². The topological polar surface area (TPSA) is 66.4 Å². The summed E-state index contributed by atoms with van der Waals surface area (Å²) < 4.78 is 23.2. The highest BCUT2D eigenvalue weighted by Gasteiger charge is 2.11. The number of phenols is 1. The van der Waals surface area contributed by atoms with Crippen LogP contribution in [0.4, 0.5) is 5.69 Å². The van der Waals surface area contributed by atoms with E-state index < -0.39 is 9.84 Å². The first-order valence-corrected chi connectivity index (χ1v) is 8.65. The Labute approximate surface area is 125 Å². The third-order valence-corrected chi connectivity index (χ3v) is 4.42. The summed E-state index contributed by atoms with van der Waals surface area (Å²) in [6.07, 6.45) is 2.04. The lowest BCUT2D eigenvalue weighted by Crippen LogP contribution is -2.10. The Morgan fingerprint density at radius 1 is 1.14 bits per heavy atom. The fourth-order valence-corrected chi connectivity index (χ4v) is 2.81. The second kappa shape index (κ2) is 6.18. The van der Waals surface area contributed by atoms with Gasteiger partial charge in [0.05, 0.1) is 10.9 Å². The summed E-state index contributed by atoms with van der Waals surface area (Å²) in [4.78, 5) is 0.299. The van der Waals surface area contributed by atoms with Crippen molar-refractivity contribution in [2.75, 3.05) is 11.6 Å². The van der Waals surface area contributed by atoms with Crippen LogP contribution in [0.2, 0.25) is 0 Å². The number of hydrogen-bond donors (Lipinski definition) is 2. The van der Waals surface area contributed by atoms with Crippen LogP contribution >= 0.6 is 0 Å². The minimum Gasteiger partial charge on any atom is -0.508 e. The molecule has 2 aromatic rings. The molecule has 5 heteroatoms. The largest absolute Gasteiger partial charge is 0.508 e. The van der Waals surface area contributed by atoms with Crippen LogP contribution in [0.15, 0.2) is 53.4 Å². The summed E-state index contributed by atoms with van der Waals surface area (Å²) in [6, 6.07) is 13.9. The smallest absolute Gasteiger partial charge is 0.175 e. The zero-order valence-corrected chi connectivity index (χ0v) is 12.9. The standard InChI is InChI=1S/C16H19NO3S/c1-3-16(12-7-9-14(18)10-8-12)17-13-5-4-6-15(11-13)21(2,19)20/h4-11,16-18H,3H2,1-2H3. The van der Waals surface area contributed by atoms with Crippen LogP contribution in [-0.4, -0.2) is 19.8 Å². The molecule has 0 aliphatic rings. The first-order chi connectivity index (χ1) is 9.90. The molecule has 4 nitrogen and oxygen atoms in total. The van der Waals surface area contributed by atoms with Gasteiger partial charge in [-0.3, -0.25) is 0 Å². The molecular weight excluding hydrogens is 286 g/mol. The van der Waals surface area contributed by atoms with Gasteiger partial charge in [0.25, 0.3) is 0 Å². The van der Waals surface area contributed by atoms with E-state index in [2.05, 4.69) is 5.32 Å². The van der Waals surface area contributed by atoms with Crippen molar-refractivity contribution in [2.24, 2.45) is 0 Å². The molecule has 0 amide bonds. The normalized spacial score (nSPS) is 12.9. The second-order valence-corrected chi connectivity index (χ2v) is 7.01. The maximum absolute atomic E-state index is 11.6. The highest BCUT2D eigenvalue weighted by atomic mass is 32.2. The van der Waals surface area contributed by atoms with Crippen molar-refractivity contribution in [3.63, 3.8) is 0 Å². The maximum Gasteiger partial charge on any atom is 0.175 e. The van der Waals surface area contributed by atoms with Crippen molar-refractivity contribution >= 4 is 15.5 Å². The summed E-state index contributed by atoms with van der Waals surface area (Å²) in [5, 5.41) is 12.7. The van der Waals surface area contributed by atoms with Crippen LogP contribution in [0.5, 0.6) is 5.75 Å². The molecule has 2 N–H and O–H groups in total. The van der Waals surface area contributed by atoms with E-state index in [-0.39, 0.29) is 11.8 Å². The van der Waals surface area contributed by atoms with Gasteiger partial charge in [0, 0.05) is 11.9 Å². The van der Waals surface area contributed by atoms with E-state index >= 15 is 0 Å². The lowest BCUT2D eigenvalue weighted by Gasteiger charge is -2.19. The van der Waals surface area contributed by atoms with Crippen molar-refractivity contribution in [2.45, 2.75) is 24.3 Å². The Kier molecular flexibility index (Phi) is 4.53. The number of benzene rings is 2. The van der Waals surface area contributed by atoms with Crippen LogP contribution in [0, 0.1) is 0 Å². The zero-order chi connectivity index (χ0) is 15.5. The molecule has 0 aromatic heterocycles. The first-order valence-electron chi connectivity index (χ1n) is 6.75. The number of phenolic OH excluding ortho intramolecular Hbond substituents is 1. The fourth-order valence-electron chi connectivity index (χ4n) is 2.15. The van der Waals surface area contributed by atoms with Crippen LogP contribution in [0.1, 0.15) is 24.9 Å². The lowest BCUT2D eigenvalue weighted by atomic mass is 10.0. The molecule has 1 unspecified atom stereocenters. The average Bonchev–Trinajstić information content (AvgIpc) is 2.45. The van der Waals surface area contributed by atoms with Crippen LogP contribution in [0.3, 0.4) is 0 Å². The van der Waals surface area contributed by atoms with Crippen LogP contribution in [-0.2, 0) is 9.84 Å². The van der Waals surface area contributed by atoms with E-state index in [1.807, 2.05) is 25.1 Å². The van der Waals surface area contributed by atoms with Gasteiger partial charge in [0.15, 0.2) is 9.84 Å². The summed E-state index contributed by atoms with van der Waals surface area (Å²) in [5.41, 5.74) is 1.80. The predicted molar refractivity (Wildman–Crippen MR) is 84.3 cm³/mol. The van der Waals surface area contributed by atoms with Gasteiger partial charge in [0.2, 0.25) is 0 Å². The van der Waals surface area contributed by atoms with Gasteiger partial charge in [0.1, 0.15) is 5.75 Å². The maximum atomic E-state index is 11.6. The number of rotatable bonds is 5. The number of anilines is 1. The van der Waals surface area contributed by atoms with Crippen molar-refractivity contribution in [1.29, 1.82) is 0 Å². The molecule has 0 fully saturated rings. The van der Waals surface area contributed by atoms with Crippen molar-refractivity contribution < 1.29 is 13.5 Å². The van der Waals surface area contributed by atoms with E-state index in [9.17, 15) is 13.5 Å². The molecule has 1 atom stereocenters. The SMILES string of the molecule is CCC(Nc1cccc(S(C)(=O)=O)c1)c1ccc(O)cc1. The molecule has 0 saturated heterocycles. The Balaban J connectivity index is 2.25. The molecule has 0 saturated carbocycles. The van der Waals surface area contributed by atoms with Gasteiger partial charge in [-0.2, -0.15) is 0 Å². The summed E-state index contributed by atoms with van der Waals surface area (Å²) in [6.45, 7) is 2.05. The molecule has 0 spiro atoms. The van der Waals surface area contributed by atoms with Crippen molar-refractivity contribution in [3.05, 3.63) is 54.1 Å². The summed E-state index contributed by atoms with van der Waals surface area (Å²) in [7, 11) is -3.21. The van der Waals surface area contributed by atoms with Crippen LogP contribution < -0.4 is 5.32 Å². The molecule has 0 heterocycles. The molecule has 0 radical (unpaired) electrons. The number of nitrogens with one attached hydrogen (secondary N) is 1. The minimum atomic E-state index is -3.21. The van der Waals surface area contributed by atoms with Gasteiger partial charge in [-0.25, -0.2) is 8.42 Å². The molecule has 2 rings (SSSR count). The van der Waals surface area contributed by atoms with Crippen molar-refractivity contribution in [3.8, 4) is 5.75 Å². The lowest BCUT2D eigenvalue weighted by molar-refractivity contribution is 0.475. The number of hydrogen-bond acceptors (Lipinski definition) is 4. The number of sulfone groups is 1. The minimum absolute atomic E-state index is 0.0559. The van der Waals surface area contributed by atoms with E-state index in [4.69, 9.17) is 0 Å². The monoisotopic (exact) mass is 305 g/mol. The third-order valence-electron chi connectivity index (χ3n) is 3.31. The van der Waals surface area contributed by atoms with Crippen LogP contribution in [0.25, 0.3) is 0 Å². The van der Waals surface area contributed by atoms with E-state index in [1.165, 1.54) is 6.26 Å². The molecule has 0 aliphatic heterocycles. The predicted octanol–water partition coefficient (Wildman–Crippen LogP) is 3.36. The summed E-state index contributed by atoms with van der Waals surface area (Å²) >= 11 is 0. The Morgan fingerprint density at radius 2 is 1.81 bits per heavy atom. The molecule has 21 heavy (non-hydrogen) atoms. The Hall–Kier alpha value is -2.01. The summed E-state index contributed by atoms with van der Waals surface area (Å²) in [5.74, 6) is 0.229. The quantitative estimate of drug-likeness (QED) is 0.889. The third kappa shape index (κ3) is 3.98. The first kappa shape index (κ1) is 15.4. The molecule has 2 aromatic carbocycles. The highest BCUT2D eigenvalue weighted by molar-refractivity contribution is 7.90. The zero-order valence-electron chi connectivity index (χ0n) is 12.1. The van der Waals surface area contributed by atoms with Gasteiger partial charge >= 0.3 is 0 Å². The molecule has 0 aliphatic carbocycles. The van der Waals surface area contributed by atoms with Gasteiger partial charge in [-0.1, -0.05) is 25.1 Å². The van der Waals surface area contributed by atoms with Crippen molar-refractivity contribution in [1.82, 2.24) is 0 Å². The Bertz CT molecular complexity index is 709. The fraction of sp³-hybridized carbons (Fsp3) is 0.250. The second-order valence-electron chi connectivity index (χ2n) is 5.00.